The predicted molar refractivity (Wildman–Crippen MR) is 78.7 cm³/mol. The Hall–Kier alpha value is -2.27. The van der Waals surface area contributed by atoms with Crippen LogP contribution in [0.4, 0.5) is 5.82 Å². The van der Waals surface area contributed by atoms with Crippen molar-refractivity contribution in [3.63, 3.8) is 0 Å². The first kappa shape index (κ1) is 16.1. The molecule has 0 aromatic carbocycles. The number of sulfonamides is 1. The molecule has 3 N–H and O–H groups in total. The van der Waals surface area contributed by atoms with Gasteiger partial charge in [0.1, 0.15) is 6.54 Å². The van der Waals surface area contributed by atoms with Gasteiger partial charge in [-0.3, -0.25) is 9.52 Å². The van der Waals surface area contributed by atoms with Crippen molar-refractivity contribution >= 4 is 21.7 Å². The van der Waals surface area contributed by atoms with Crippen LogP contribution < -0.4 is 10.5 Å². The summed E-state index contributed by atoms with van der Waals surface area (Å²) in [7, 11) is -3.44. The molecule has 11 heteroatoms. The van der Waals surface area contributed by atoms with E-state index in [0.29, 0.717) is 17.9 Å². The topological polar surface area (TPSA) is 138 Å². The fourth-order valence-electron chi connectivity index (χ4n) is 2.01. The van der Waals surface area contributed by atoms with Gasteiger partial charge in [-0.1, -0.05) is 0 Å². The summed E-state index contributed by atoms with van der Waals surface area (Å²) < 4.78 is 25.6. The molecule has 22 heavy (non-hydrogen) atoms. The summed E-state index contributed by atoms with van der Waals surface area (Å²) in [6, 6.07) is 0. The summed E-state index contributed by atoms with van der Waals surface area (Å²) in [4.78, 5) is 13.3. The van der Waals surface area contributed by atoms with Gasteiger partial charge in [0.05, 0.1) is 18.1 Å². The second kappa shape index (κ2) is 5.85. The zero-order valence-corrected chi connectivity index (χ0v) is 13.3. The second-order valence-electron chi connectivity index (χ2n) is 4.79. The molecule has 0 aliphatic carbocycles. The normalized spacial score (nSPS) is 11.6. The summed E-state index contributed by atoms with van der Waals surface area (Å²) in [5, 5.41) is 11.9. The number of aromatic nitrogens is 5. The van der Waals surface area contributed by atoms with E-state index in [1.165, 1.54) is 10.9 Å². The van der Waals surface area contributed by atoms with E-state index in [1.54, 1.807) is 13.8 Å². The molecule has 2 rings (SSSR count). The molecule has 0 radical (unpaired) electrons. The number of carbonyl (C=O) groups is 1. The number of hydrogen-bond acceptors (Lipinski definition) is 7. The lowest BCUT2D eigenvalue weighted by atomic mass is 10.2. The minimum atomic E-state index is -3.44. The van der Waals surface area contributed by atoms with Crippen molar-refractivity contribution in [1.82, 2.24) is 24.8 Å². The minimum absolute atomic E-state index is 0.0475. The standard InChI is InChI=1S/C11H17N7O3S/c1-7-9(4-12)8(2)18(14-7)11(19)6-17-13-5-10(15-17)16-22(3,20)21/h5H,4,6,12H2,1-3H3,(H,15,16). The van der Waals surface area contributed by atoms with Gasteiger partial charge in [0.15, 0.2) is 5.82 Å². The van der Waals surface area contributed by atoms with Crippen LogP contribution in [-0.4, -0.2) is 45.4 Å². The van der Waals surface area contributed by atoms with Gasteiger partial charge in [-0.25, -0.2) is 13.1 Å². The first-order chi connectivity index (χ1) is 10.2. The molecule has 0 saturated heterocycles. The average Bonchev–Trinajstić information content (AvgIpc) is 2.92. The SMILES string of the molecule is Cc1nn(C(=O)Cn2ncc(NS(C)(=O)=O)n2)c(C)c1CN. The molecule has 0 amide bonds. The highest BCUT2D eigenvalue weighted by atomic mass is 32.2. The van der Waals surface area contributed by atoms with E-state index >= 15 is 0 Å². The summed E-state index contributed by atoms with van der Waals surface area (Å²) in [6.07, 6.45) is 2.22. The third-order valence-electron chi connectivity index (χ3n) is 2.98. The summed E-state index contributed by atoms with van der Waals surface area (Å²) >= 11 is 0. The van der Waals surface area contributed by atoms with Gasteiger partial charge in [0.25, 0.3) is 5.91 Å². The molecule has 2 aromatic heterocycles. The van der Waals surface area contributed by atoms with Crippen LogP contribution in [0.3, 0.4) is 0 Å². The highest BCUT2D eigenvalue weighted by Crippen LogP contribution is 2.12. The molecule has 0 saturated carbocycles. The highest BCUT2D eigenvalue weighted by Gasteiger charge is 2.17. The Morgan fingerprint density at radius 1 is 1.36 bits per heavy atom. The number of rotatable bonds is 5. The largest absolute Gasteiger partial charge is 0.326 e. The maximum absolute atomic E-state index is 12.2. The van der Waals surface area contributed by atoms with Crippen LogP contribution in [0, 0.1) is 13.8 Å². The lowest BCUT2D eigenvalue weighted by Gasteiger charge is -2.03. The van der Waals surface area contributed by atoms with Crippen LogP contribution in [0.5, 0.6) is 0 Å². The van der Waals surface area contributed by atoms with Crippen molar-refractivity contribution < 1.29 is 13.2 Å². The fourth-order valence-corrected chi connectivity index (χ4v) is 2.48. The van der Waals surface area contributed by atoms with Crippen LogP contribution in [0.2, 0.25) is 0 Å². The van der Waals surface area contributed by atoms with E-state index in [0.717, 1.165) is 16.6 Å². The number of hydrogen-bond donors (Lipinski definition) is 2. The predicted octanol–water partition coefficient (Wildman–Crippen LogP) is -0.738. The Morgan fingerprint density at radius 2 is 2.05 bits per heavy atom. The van der Waals surface area contributed by atoms with Crippen LogP contribution >= 0.6 is 0 Å². The molecule has 0 fully saturated rings. The zero-order chi connectivity index (χ0) is 16.5. The first-order valence-corrected chi connectivity index (χ1v) is 8.26. The lowest BCUT2D eigenvalue weighted by Crippen LogP contribution is -2.22. The van der Waals surface area contributed by atoms with E-state index < -0.39 is 10.0 Å². The summed E-state index contributed by atoms with van der Waals surface area (Å²) in [6.45, 7) is 3.66. The van der Waals surface area contributed by atoms with Crippen molar-refractivity contribution in [2.45, 2.75) is 26.9 Å². The van der Waals surface area contributed by atoms with Gasteiger partial charge in [-0.05, 0) is 13.8 Å². The first-order valence-electron chi connectivity index (χ1n) is 6.37. The van der Waals surface area contributed by atoms with Crippen molar-refractivity contribution in [3.05, 3.63) is 23.1 Å². The van der Waals surface area contributed by atoms with E-state index in [2.05, 4.69) is 20.0 Å². The van der Waals surface area contributed by atoms with Gasteiger partial charge < -0.3 is 5.73 Å². The molecule has 120 valence electrons. The molecule has 0 bridgehead atoms. The number of nitrogens with zero attached hydrogens (tertiary/aromatic N) is 5. The fraction of sp³-hybridized carbons (Fsp3) is 0.455. The van der Waals surface area contributed by atoms with Gasteiger partial charge in [0.2, 0.25) is 10.0 Å². The minimum Gasteiger partial charge on any atom is -0.326 e. The van der Waals surface area contributed by atoms with E-state index in [-0.39, 0.29) is 18.3 Å². The van der Waals surface area contributed by atoms with Crippen LogP contribution in [-0.2, 0) is 23.1 Å². The third-order valence-corrected chi connectivity index (χ3v) is 3.56. The van der Waals surface area contributed by atoms with Gasteiger partial charge >= 0.3 is 0 Å². The molecule has 2 heterocycles. The molecule has 0 unspecified atom stereocenters. The number of anilines is 1. The number of aryl methyl sites for hydroxylation is 1. The highest BCUT2D eigenvalue weighted by molar-refractivity contribution is 7.92. The molecular weight excluding hydrogens is 310 g/mol. The molecule has 0 spiro atoms. The zero-order valence-electron chi connectivity index (χ0n) is 12.4. The Bertz CT molecular complexity index is 806. The number of nitrogens with one attached hydrogen (secondary N) is 1. The van der Waals surface area contributed by atoms with Gasteiger partial charge in [-0.15, -0.1) is 5.10 Å². The van der Waals surface area contributed by atoms with Crippen LogP contribution in [0.15, 0.2) is 6.20 Å². The average molecular weight is 327 g/mol. The van der Waals surface area contributed by atoms with Crippen molar-refractivity contribution in [2.75, 3.05) is 11.0 Å². The monoisotopic (exact) mass is 327 g/mol. The molecule has 10 nitrogen and oxygen atoms in total. The Labute approximate surface area is 127 Å². The third kappa shape index (κ3) is 3.49. The maximum Gasteiger partial charge on any atom is 0.270 e. The van der Waals surface area contributed by atoms with E-state index in [9.17, 15) is 13.2 Å². The Kier molecular flexibility index (Phi) is 4.28. The smallest absolute Gasteiger partial charge is 0.270 e. The Balaban J connectivity index is 2.16. The van der Waals surface area contributed by atoms with Crippen molar-refractivity contribution in [3.8, 4) is 0 Å². The van der Waals surface area contributed by atoms with Crippen molar-refractivity contribution in [2.24, 2.45) is 5.73 Å². The molecule has 0 atom stereocenters. The summed E-state index contributed by atoms with van der Waals surface area (Å²) in [5.74, 6) is -0.298. The number of carbonyl (C=O) groups excluding carboxylic acids is 1. The van der Waals surface area contributed by atoms with Crippen molar-refractivity contribution in [1.29, 1.82) is 0 Å². The maximum atomic E-state index is 12.2. The summed E-state index contributed by atoms with van der Waals surface area (Å²) in [5.41, 5.74) is 7.81. The quantitative estimate of drug-likeness (QED) is 0.737. The van der Waals surface area contributed by atoms with Crippen LogP contribution in [0.25, 0.3) is 0 Å². The van der Waals surface area contributed by atoms with E-state index in [1.807, 2.05) is 0 Å². The van der Waals surface area contributed by atoms with Gasteiger partial charge in [0, 0.05) is 17.8 Å². The number of nitrogens with two attached hydrogens (primary N) is 1. The lowest BCUT2D eigenvalue weighted by molar-refractivity contribution is 0.0861. The Morgan fingerprint density at radius 3 is 2.59 bits per heavy atom. The molecule has 2 aromatic rings. The second-order valence-corrected chi connectivity index (χ2v) is 6.54. The molecular formula is C11H17N7O3S. The van der Waals surface area contributed by atoms with Gasteiger partial charge in [-0.2, -0.15) is 15.0 Å². The van der Waals surface area contributed by atoms with Crippen LogP contribution in [0.1, 0.15) is 21.7 Å². The molecule has 0 aliphatic heterocycles. The van der Waals surface area contributed by atoms with E-state index in [4.69, 9.17) is 5.73 Å². The molecule has 0 aliphatic rings.